The van der Waals surface area contributed by atoms with E-state index in [9.17, 15) is 14.2 Å². The highest BCUT2D eigenvalue weighted by Crippen LogP contribution is 2.67. The second-order valence-electron chi connectivity index (χ2n) is 6.37. The van der Waals surface area contributed by atoms with Crippen LogP contribution in [0.4, 0.5) is 5.69 Å². The van der Waals surface area contributed by atoms with Crippen molar-refractivity contribution in [2.75, 3.05) is 11.1 Å². The lowest BCUT2D eigenvalue weighted by atomic mass is 9.79. The minimum absolute atomic E-state index is 0.243. The van der Waals surface area contributed by atoms with Gasteiger partial charge in [-0.05, 0) is 19.1 Å². The normalized spacial score (nSPS) is 38.7. The third-order valence-electron chi connectivity index (χ3n) is 5.16. The second kappa shape index (κ2) is 4.89. The smallest absolute Gasteiger partial charge is 0.240 e. The van der Waals surface area contributed by atoms with Crippen LogP contribution in [-0.4, -0.2) is 29.7 Å². The summed E-state index contributed by atoms with van der Waals surface area (Å²) in [5, 5.41) is 0. The van der Waals surface area contributed by atoms with E-state index in [1.807, 2.05) is 26.0 Å². The van der Waals surface area contributed by atoms with Gasteiger partial charge in [0.1, 0.15) is 0 Å². The third-order valence-corrected chi connectivity index (χ3v) is 8.22. The molecule has 2 amide bonds. The van der Waals surface area contributed by atoms with Crippen LogP contribution in [0.1, 0.15) is 13.8 Å². The molecule has 0 N–H and O–H groups in total. The summed E-state index contributed by atoms with van der Waals surface area (Å²) in [7, 11) is -2.93. The Morgan fingerprint density at radius 1 is 1.13 bits per heavy atom. The first kappa shape index (κ1) is 14.9. The van der Waals surface area contributed by atoms with E-state index in [0.717, 1.165) is 5.57 Å². The molecule has 1 aromatic carbocycles. The third kappa shape index (κ3) is 1.87. The van der Waals surface area contributed by atoms with E-state index in [2.05, 4.69) is 0 Å². The molecule has 0 saturated carbocycles. The molecule has 5 nitrogen and oxygen atoms in total. The fraction of sp³-hybridized carbons (Fsp3) is 0.412. The summed E-state index contributed by atoms with van der Waals surface area (Å²) >= 11 is 0. The van der Waals surface area contributed by atoms with Crippen molar-refractivity contribution in [1.29, 1.82) is 0 Å². The second-order valence-corrected chi connectivity index (χ2v) is 9.22. The van der Waals surface area contributed by atoms with E-state index in [1.165, 1.54) is 4.90 Å². The van der Waals surface area contributed by atoms with Crippen molar-refractivity contribution in [2.24, 2.45) is 11.8 Å². The van der Waals surface area contributed by atoms with Gasteiger partial charge in [0, 0.05) is 6.16 Å². The Bertz CT molecular complexity index is 772. The van der Waals surface area contributed by atoms with Crippen LogP contribution in [0.2, 0.25) is 0 Å². The predicted octanol–water partition coefficient (Wildman–Crippen LogP) is 2.82. The molecule has 6 heteroatoms. The Morgan fingerprint density at radius 3 is 2.43 bits per heavy atom. The lowest BCUT2D eigenvalue weighted by Crippen LogP contribution is -2.48. The molecule has 5 atom stereocenters. The molecule has 2 fully saturated rings. The molecule has 1 aliphatic carbocycles. The first-order valence-electron chi connectivity index (χ1n) is 7.86. The number of carbonyl (C=O) groups excluding carboxylic acids is 2. The number of imide groups is 1. The number of amides is 2. The quantitative estimate of drug-likeness (QED) is 0.475. The Balaban J connectivity index is 1.82. The van der Waals surface area contributed by atoms with Crippen LogP contribution in [0.5, 0.6) is 0 Å². The number of nitrogens with zero attached hydrogens (tertiary/aromatic N) is 1. The summed E-state index contributed by atoms with van der Waals surface area (Å²) in [5.74, 6) is -1.60. The summed E-state index contributed by atoms with van der Waals surface area (Å²) in [6, 6.07) is 8.92. The molecular weight excluding hydrogens is 313 g/mol. The van der Waals surface area contributed by atoms with Crippen LogP contribution in [-0.2, 0) is 18.7 Å². The van der Waals surface area contributed by atoms with E-state index >= 15 is 0 Å². The van der Waals surface area contributed by atoms with Gasteiger partial charge in [-0.3, -0.25) is 14.2 Å². The van der Waals surface area contributed by atoms with Gasteiger partial charge >= 0.3 is 0 Å². The minimum atomic E-state index is -2.93. The lowest BCUT2D eigenvalue weighted by Gasteiger charge is -2.45. The van der Waals surface area contributed by atoms with Gasteiger partial charge in [0.05, 0.1) is 29.3 Å². The molecular formula is C17H18NO4P. The zero-order valence-corrected chi connectivity index (χ0v) is 13.9. The van der Waals surface area contributed by atoms with Crippen LogP contribution >= 0.6 is 7.37 Å². The van der Waals surface area contributed by atoms with Crippen LogP contribution in [0.3, 0.4) is 0 Å². The number of benzene rings is 1. The van der Waals surface area contributed by atoms with Crippen molar-refractivity contribution in [3.63, 3.8) is 0 Å². The summed E-state index contributed by atoms with van der Waals surface area (Å²) in [6.45, 7) is 3.71. The Kier molecular flexibility index (Phi) is 3.16. The largest absolute Gasteiger partial charge is 0.320 e. The van der Waals surface area contributed by atoms with Gasteiger partial charge in [-0.1, -0.05) is 36.8 Å². The highest BCUT2D eigenvalue weighted by atomic mass is 31.2. The fourth-order valence-electron chi connectivity index (χ4n) is 4.16. The Hall–Kier alpha value is -1.71. The molecule has 5 unspecified atom stereocenters. The Labute approximate surface area is 134 Å². The molecule has 23 heavy (non-hydrogen) atoms. The van der Waals surface area contributed by atoms with Gasteiger partial charge in [0.15, 0.2) is 0 Å². The van der Waals surface area contributed by atoms with Gasteiger partial charge in [0.25, 0.3) is 0 Å². The minimum Gasteiger partial charge on any atom is -0.320 e. The molecule has 0 radical (unpaired) electrons. The topological polar surface area (TPSA) is 63.7 Å². The number of hydrogen-bond acceptors (Lipinski definition) is 4. The standard InChI is InChI=1S/C17H18NO4P/c1-3-23(21)15-10(2)9-12(22-23)13-14(15)17(20)18(16(13)19)11-7-5-4-6-8-11/h4-9,12-15H,3H2,1-2H3. The average Bonchev–Trinajstić information content (AvgIpc) is 2.80. The van der Waals surface area contributed by atoms with Gasteiger partial charge in [-0.15, -0.1) is 0 Å². The van der Waals surface area contributed by atoms with Crippen LogP contribution in [0.15, 0.2) is 42.0 Å². The molecule has 5 rings (SSSR count). The zero-order chi connectivity index (χ0) is 16.4. The van der Waals surface area contributed by atoms with E-state index in [-0.39, 0.29) is 11.8 Å². The van der Waals surface area contributed by atoms with Gasteiger partial charge in [-0.25, -0.2) is 4.90 Å². The number of rotatable bonds is 2. The highest BCUT2D eigenvalue weighted by Gasteiger charge is 2.64. The van der Waals surface area contributed by atoms with Crippen molar-refractivity contribution in [3.8, 4) is 0 Å². The average molecular weight is 331 g/mol. The summed E-state index contributed by atoms with van der Waals surface area (Å²) in [4.78, 5) is 27.1. The van der Waals surface area contributed by atoms with Gasteiger partial charge in [0.2, 0.25) is 19.2 Å². The van der Waals surface area contributed by atoms with E-state index in [0.29, 0.717) is 11.8 Å². The van der Waals surface area contributed by atoms with Crippen molar-refractivity contribution < 1.29 is 18.7 Å². The molecule has 1 aromatic rings. The molecule has 3 heterocycles. The number of carbonyl (C=O) groups is 2. The maximum absolute atomic E-state index is 13.1. The van der Waals surface area contributed by atoms with E-state index in [4.69, 9.17) is 4.52 Å². The molecule has 4 aliphatic rings. The molecule has 0 spiro atoms. The summed E-state index contributed by atoms with van der Waals surface area (Å²) in [6.07, 6.45) is 1.70. The number of fused-ring (bicyclic) bond motifs is 1. The maximum Gasteiger partial charge on any atom is 0.240 e. The summed E-state index contributed by atoms with van der Waals surface area (Å²) < 4.78 is 18.9. The molecule has 2 bridgehead atoms. The van der Waals surface area contributed by atoms with Crippen molar-refractivity contribution in [1.82, 2.24) is 0 Å². The van der Waals surface area contributed by atoms with Crippen molar-refractivity contribution in [3.05, 3.63) is 42.0 Å². The lowest BCUT2D eigenvalue weighted by molar-refractivity contribution is -0.123. The fourth-order valence-corrected chi connectivity index (χ4v) is 6.95. The van der Waals surface area contributed by atoms with Crippen molar-refractivity contribution >= 4 is 24.9 Å². The number of anilines is 1. The first-order valence-corrected chi connectivity index (χ1v) is 9.74. The van der Waals surface area contributed by atoms with Gasteiger partial charge in [-0.2, -0.15) is 0 Å². The molecule has 0 aromatic heterocycles. The SMILES string of the molecule is CCP1(=O)OC2C=C(C)C1C1C(=O)N(c3ccccc3)C(=O)C21. The van der Waals surface area contributed by atoms with E-state index < -0.39 is 31.0 Å². The molecule has 3 aliphatic heterocycles. The van der Waals surface area contributed by atoms with Crippen molar-refractivity contribution in [2.45, 2.75) is 25.6 Å². The first-order chi connectivity index (χ1) is 11.0. The zero-order valence-electron chi connectivity index (χ0n) is 13.0. The Morgan fingerprint density at radius 2 is 1.78 bits per heavy atom. The van der Waals surface area contributed by atoms with E-state index in [1.54, 1.807) is 24.3 Å². The monoisotopic (exact) mass is 331 g/mol. The van der Waals surface area contributed by atoms with Crippen LogP contribution in [0, 0.1) is 11.8 Å². The number of hydrogen-bond donors (Lipinski definition) is 0. The predicted molar refractivity (Wildman–Crippen MR) is 86.5 cm³/mol. The molecule has 120 valence electrons. The van der Waals surface area contributed by atoms with Gasteiger partial charge < -0.3 is 4.52 Å². The molecule has 2 saturated heterocycles. The highest BCUT2D eigenvalue weighted by molar-refractivity contribution is 7.60. The van der Waals surface area contributed by atoms with Crippen LogP contribution < -0.4 is 4.90 Å². The summed E-state index contributed by atoms with van der Waals surface area (Å²) in [5.41, 5.74) is 1.02. The number of para-hydroxylation sites is 1. The van der Waals surface area contributed by atoms with Crippen LogP contribution in [0.25, 0.3) is 0 Å². The maximum atomic E-state index is 13.1. The number of allylic oxidation sites excluding steroid dienone is 1.